The lowest BCUT2D eigenvalue weighted by atomic mass is 10.1. The topological polar surface area (TPSA) is 76.9 Å². The molecule has 5 nitrogen and oxygen atoms in total. The Labute approximate surface area is 139 Å². The number of aryl methyl sites for hydroxylation is 2. The molecule has 24 heavy (non-hydrogen) atoms. The third-order valence-corrected chi connectivity index (χ3v) is 4.25. The van der Waals surface area contributed by atoms with Gasteiger partial charge in [-0.2, -0.15) is 5.26 Å². The highest BCUT2D eigenvalue weighted by atomic mass is 19.1. The predicted molar refractivity (Wildman–Crippen MR) is 90.9 cm³/mol. The van der Waals surface area contributed by atoms with Crippen LogP contribution in [-0.4, -0.2) is 16.7 Å². The van der Waals surface area contributed by atoms with Gasteiger partial charge in [-0.15, -0.1) is 0 Å². The molecule has 0 atom stereocenters. The SMILES string of the molecule is COc1ccc(C)c(-n2c(N)c(C#N)c3cc(F)c(C)nc32)c1C. The number of anilines is 1. The molecule has 2 heterocycles. The van der Waals surface area contributed by atoms with Crippen molar-refractivity contribution in [1.29, 1.82) is 5.26 Å². The molecule has 0 bridgehead atoms. The van der Waals surface area contributed by atoms with Crippen molar-refractivity contribution < 1.29 is 9.13 Å². The number of methoxy groups -OCH3 is 1. The minimum atomic E-state index is -0.463. The van der Waals surface area contributed by atoms with E-state index in [0.29, 0.717) is 16.8 Å². The third-order valence-electron chi connectivity index (χ3n) is 4.25. The Balaban J connectivity index is 2.51. The molecule has 0 amide bonds. The number of hydrogen-bond donors (Lipinski definition) is 1. The average molecular weight is 324 g/mol. The maximum absolute atomic E-state index is 13.9. The number of nitriles is 1. The molecular formula is C18H17FN4O. The molecule has 0 fully saturated rings. The molecule has 3 aromatic rings. The van der Waals surface area contributed by atoms with Crippen LogP contribution >= 0.6 is 0 Å². The van der Waals surface area contributed by atoms with Crippen LogP contribution in [0.4, 0.5) is 10.2 Å². The van der Waals surface area contributed by atoms with Crippen molar-refractivity contribution in [2.24, 2.45) is 0 Å². The number of fused-ring (bicyclic) bond motifs is 1. The largest absolute Gasteiger partial charge is 0.496 e. The van der Waals surface area contributed by atoms with Gasteiger partial charge in [-0.1, -0.05) is 6.07 Å². The minimum Gasteiger partial charge on any atom is -0.496 e. The van der Waals surface area contributed by atoms with Gasteiger partial charge in [0.1, 0.15) is 34.7 Å². The Morgan fingerprint density at radius 3 is 2.62 bits per heavy atom. The number of pyridine rings is 1. The van der Waals surface area contributed by atoms with E-state index in [1.807, 2.05) is 26.0 Å². The van der Waals surface area contributed by atoms with Gasteiger partial charge in [0.2, 0.25) is 0 Å². The van der Waals surface area contributed by atoms with Crippen LogP contribution in [0.25, 0.3) is 16.7 Å². The van der Waals surface area contributed by atoms with Crippen LogP contribution in [0.5, 0.6) is 5.75 Å². The molecule has 0 aliphatic rings. The van der Waals surface area contributed by atoms with Crippen LogP contribution in [0.15, 0.2) is 18.2 Å². The van der Waals surface area contributed by atoms with E-state index in [2.05, 4.69) is 11.1 Å². The van der Waals surface area contributed by atoms with Crippen LogP contribution in [0, 0.1) is 37.9 Å². The van der Waals surface area contributed by atoms with E-state index < -0.39 is 5.82 Å². The standard InChI is InChI=1S/C18H17FN4O/c1-9-5-6-15(24-4)10(2)16(9)23-17(21)13(8-20)12-7-14(19)11(3)22-18(12)23/h5-7H,21H2,1-4H3. The molecule has 0 aliphatic heterocycles. The lowest BCUT2D eigenvalue weighted by molar-refractivity contribution is 0.411. The van der Waals surface area contributed by atoms with E-state index in [4.69, 9.17) is 10.5 Å². The van der Waals surface area contributed by atoms with Crippen LogP contribution < -0.4 is 10.5 Å². The van der Waals surface area contributed by atoms with E-state index in [1.54, 1.807) is 18.6 Å². The molecule has 0 aliphatic carbocycles. The maximum Gasteiger partial charge on any atom is 0.148 e. The molecule has 1 aromatic carbocycles. The maximum atomic E-state index is 13.9. The molecule has 2 N–H and O–H groups in total. The van der Waals surface area contributed by atoms with Gasteiger partial charge in [0, 0.05) is 10.9 Å². The lowest BCUT2D eigenvalue weighted by Gasteiger charge is -2.16. The van der Waals surface area contributed by atoms with Crippen LogP contribution in [0.3, 0.4) is 0 Å². The van der Waals surface area contributed by atoms with Crippen molar-refractivity contribution in [2.45, 2.75) is 20.8 Å². The first-order chi connectivity index (χ1) is 11.4. The third kappa shape index (κ3) is 2.09. The summed E-state index contributed by atoms with van der Waals surface area (Å²) < 4.78 is 21.0. The summed E-state index contributed by atoms with van der Waals surface area (Å²) in [5.74, 6) is 0.480. The quantitative estimate of drug-likeness (QED) is 0.782. The number of ether oxygens (including phenoxy) is 1. The number of benzene rings is 1. The zero-order valence-electron chi connectivity index (χ0n) is 13.9. The summed E-state index contributed by atoms with van der Waals surface area (Å²) in [7, 11) is 1.59. The fourth-order valence-corrected chi connectivity index (χ4v) is 3.01. The number of rotatable bonds is 2. The van der Waals surface area contributed by atoms with E-state index in [1.165, 1.54) is 6.07 Å². The second kappa shape index (κ2) is 5.53. The summed E-state index contributed by atoms with van der Waals surface area (Å²) in [6, 6.07) is 7.16. The minimum absolute atomic E-state index is 0.220. The molecule has 2 aromatic heterocycles. The Morgan fingerprint density at radius 1 is 1.29 bits per heavy atom. The van der Waals surface area contributed by atoms with E-state index in [9.17, 15) is 9.65 Å². The van der Waals surface area contributed by atoms with Gasteiger partial charge in [0.25, 0.3) is 0 Å². The van der Waals surface area contributed by atoms with Gasteiger partial charge < -0.3 is 10.5 Å². The Bertz CT molecular complexity index is 1010. The van der Waals surface area contributed by atoms with Gasteiger partial charge in [-0.25, -0.2) is 9.37 Å². The van der Waals surface area contributed by atoms with E-state index in [-0.39, 0.29) is 17.1 Å². The molecular weight excluding hydrogens is 307 g/mol. The summed E-state index contributed by atoms with van der Waals surface area (Å²) in [5.41, 5.74) is 9.77. The van der Waals surface area contributed by atoms with Gasteiger partial charge in [-0.3, -0.25) is 4.57 Å². The summed E-state index contributed by atoms with van der Waals surface area (Å²) >= 11 is 0. The molecule has 0 saturated heterocycles. The monoisotopic (exact) mass is 324 g/mol. The van der Waals surface area contributed by atoms with Crippen molar-refractivity contribution in [1.82, 2.24) is 9.55 Å². The number of hydrogen-bond acceptors (Lipinski definition) is 4. The van der Waals surface area contributed by atoms with Crippen molar-refractivity contribution in [3.05, 3.63) is 46.4 Å². The second-order valence-electron chi connectivity index (χ2n) is 5.69. The van der Waals surface area contributed by atoms with Crippen LogP contribution in [0.1, 0.15) is 22.4 Å². The van der Waals surface area contributed by atoms with Crippen molar-refractivity contribution >= 4 is 16.9 Å². The fraction of sp³-hybridized carbons (Fsp3) is 0.222. The molecule has 6 heteroatoms. The van der Waals surface area contributed by atoms with Crippen molar-refractivity contribution in [2.75, 3.05) is 12.8 Å². The molecule has 0 spiro atoms. The van der Waals surface area contributed by atoms with Crippen molar-refractivity contribution in [3.63, 3.8) is 0 Å². The highest BCUT2D eigenvalue weighted by molar-refractivity contribution is 5.92. The second-order valence-corrected chi connectivity index (χ2v) is 5.69. The number of nitrogens with two attached hydrogens (primary N) is 1. The normalized spacial score (nSPS) is 10.8. The molecule has 3 rings (SSSR count). The zero-order valence-corrected chi connectivity index (χ0v) is 13.9. The first kappa shape index (κ1) is 15.8. The number of nitrogen functional groups attached to an aromatic ring is 1. The number of halogens is 1. The molecule has 0 radical (unpaired) electrons. The smallest absolute Gasteiger partial charge is 0.148 e. The Kier molecular flexibility index (Phi) is 3.64. The molecule has 122 valence electrons. The summed E-state index contributed by atoms with van der Waals surface area (Å²) in [6.45, 7) is 5.43. The first-order valence-corrected chi connectivity index (χ1v) is 7.42. The lowest BCUT2D eigenvalue weighted by Crippen LogP contribution is -2.07. The summed E-state index contributed by atoms with van der Waals surface area (Å²) in [6.07, 6.45) is 0. The Morgan fingerprint density at radius 2 is 2.00 bits per heavy atom. The predicted octanol–water partition coefficient (Wildman–Crippen LogP) is 3.55. The fourth-order valence-electron chi connectivity index (χ4n) is 3.01. The molecule has 0 unspecified atom stereocenters. The van der Waals surface area contributed by atoms with Gasteiger partial charge >= 0.3 is 0 Å². The number of aromatic nitrogens is 2. The average Bonchev–Trinajstić information content (AvgIpc) is 2.80. The van der Waals surface area contributed by atoms with E-state index in [0.717, 1.165) is 16.8 Å². The summed E-state index contributed by atoms with van der Waals surface area (Å²) in [4.78, 5) is 4.33. The highest BCUT2D eigenvalue weighted by Gasteiger charge is 2.22. The summed E-state index contributed by atoms with van der Waals surface area (Å²) in [5, 5.41) is 9.86. The van der Waals surface area contributed by atoms with E-state index >= 15 is 0 Å². The van der Waals surface area contributed by atoms with Crippen LogP contribution in [0.2, 0.25) is 0 Å². The molecule has 0 saturated carbocycles. The number of nitrogens with zero attached hydrogens (tertiary/aromatic N) is 3. The van der Waals surface area contributed by atoms with Crippen LogP contribution in [-0.2, 0) is 0 Å². The highest BCUT2D eigenvalue weighted by Crippen LogP contribution is 2.36. The van der Waals surface area contributed by atoms with Gasteiger partial charge in [0.15, 0.2) is 0 Å². The van der Waals surface area contributed by atoms with Gasteiger partial charge in [0.05, 0.1) is 18.5 Å². The first-order valence-electron chi connectivity index (χ1n) is 7.42. The van der Waals surface area contributed by atoms with Gasteiger partial charge in [-0.05, 0) is 38.5 Å². The zero-order chi connectivity index (χ0) is 17.6. The van der Waals surface area contributed by atoms with Crippen molar-refractivity contribution in [3.8, 4) is 17.5 Å². The Hall–Kier alpha value is -3.07.